The molecule has 0 saturated heterocycles. The molecule has 4 aliphatic carbocycles. The molecule has 4 rings (SSSR count). The van der Waals surface area contributed by atoms with Crippen molar-refractivity contribution >= 4 is 5.91 Å². The Morgan fingerprint density at radius 2 is 1.64 bits per heavy atom. The highest BCUT2D eigenvalue weighted by atomic mass is 16.3. The first-order valence-corrected chi connectivity index (χ1v) is 18.2. The van der Waals surface area contributed by atoms with E-state index in [0.717, 1.165) is 51.0 Å². The predicted octanol–water partition coefficient (Wildman–Crippen LogP) is 7.45. The molecule has 12 atom stereocenters. The van der Waals surface area contributed by atoms with Crippen molar-refractivity contribution in [3.8, 4) is 0 Å². The minimum absolute atomic E-state index is 0.0687. The molecule has 0 spiro atoms. The summed E-state index contributed by atoms with van der Waals surface area (Å²) in [5, 5.41) is 18.8. The lowest BCUT2D eigenvalue weighted by atomic mass is 9.43. The van der Waals surface area contributed by atoms with Crippen molar-refractivity contribution in [3.63, 3.8) is 0 Å². The topological polar surface area (TPSA) is 87.4 Å². The van der Waals surface area contributed by atoms with E-state index >= 15 is 0 Å². The van der Waals surface area contributed by atoms with Gasteiger partial charge in [-0.05, 0) is 156 Å². The first-order valence-electron chi connectivity index (χ1n) is 18.2. The van der Waals surface area contributed by atoms with Gasteiger partial charge in [0.2, 0.25) is 5.91 Å². The van der Waals surface area contributed by atoms with Crippen LogP contribution in [0.1, 0.15) is 145 Å². The third-order valence-electron chi connectivity index (χ3n) is 14.5. The number of aliphatic hydroxyl groups excluding tert-OH is 1. The van der Waals surface area contributed by atoms with Crippen molar-refractivity contribution in [3.05, 3.63) is 0 Å². The van der Waals surface area contributed by atoms with Crippen molar-refractivity contribution < 1.29 is 9.90 Å². The van der Waals surface area contributed by atoms with Crippen molar-refractivity contribution in [2.45, 2.75) is 162 Å². The van der Waals surface area contributed by atoms with Gasteiger partial charge in [-0.2, -0.15) is 0 Å². The van der Waals surface area contributed by atoms with E-state index in [2.05, 4.69) is 66.0 Å². The van der Waals surface area contributed by atoms with Gasteiger partial charge in [-0.1, -0.05) is 48.0 Å². The average Bonchev–Trinajstić information content (AvgIpc) is 3.30. The monoisotopic (exact) mass is 588 g/mol. The summed E-state index contributed by atoms with van der Waals surface area (Å²) in [7, 11) is 0. The second-order valence-electron chi connectivity index (χ2n) is 17.0. The molecular weight excluding hydrogens is 518 g/mol. The number of fused-ring (bicyclic) bond motifs is 5. The van der Waals surface area contributed by atoms with Gasteiger partial charge in [0.1, 0.15) is 0 Å². The van der Waals surface area contributed by atoms with Gasteiger partial charge in [-0.3, -0.25) is 4.79 Å². The molecule has 5 N–H and O–H groups in total. The molecule has 0 bridgehead atoms. The predicted molar refractivity (Wildman–Crippen MR) is 176 cm³/mol. The molecule has 244 valence electrons. The van der Waals surface area contributed by atoms with Crippen LogP contribution in [0.25, 0.3) is 0 Å². The lowest BCUT2D eigenvalue weighted by Crippen LogP contribution is -2.58. The van der Waals surface area contributed by atoms with Crippen LogP contribution in [0.15, 0.2) is 0 Å². The van der Waals surface area contributed by atoms with Crippen LogP contribution in [0.4, 0.5) is 0 Å². The average molecular weight is 588 g/mol. The minimum Gasteiger partial charge on any atom is -0.393 e. The van der Waals surface area contributed by atoms with Crippen LogP contribution in [0.3, 0.4) is 0 Å². The van der Waals surface area contributed by atoms with Crippen LogP contribution in [-0.2, 0) is 4.79 Å². The Morgan fingerprint density at radius 1 is 0.976 bits per heavy atom. The molecule has 5 heteroatoms. The molecule has 1 amide bonds. The maximum Gasteiger partial charge on any atom is 0.220 e. The summed E-state index contributed by atoms with van der Waals surface area (Å²) in [4.78, 5) is 13.3. The van der Waals surface area contributed by atoms with Crippen molar-refractivity contribution in [1.29, 1.82) is 0 Å². The Kier molecular flexibility index (Phi) is 10.9. The summed E-state index contributed by atoms with van der Waals surface area (Å²) in [6.07, 6.45) is 15.6. The van der Waals surface area contributed by atoms with E-state index in [0.29, 0.717) is 59.3 Å². The van der Waals surface area contributed by atoms with Crippen LogP contribution >= 0.6 is 0 Å². The zero-order valence-electron chi connectivity index (χ0n) is 28.9. The molecule has 0 aromatic heterocycles. The number of nitrogens with two attached hydrogens (primary N) is 1. The Morgan fingerprint density at radius 3 is 2.31 bits per heavy atom. The summed E-state index contributed by atoms with van der Waals surface area (Å²) < 4.78 is 0. The maximum atomic E-state index is 13.3. The number of amides is 1. The van der Waals surface area contributed by atoms with Crippen LogP contribution in [-0.4, -0.2) is 41.3 Å². The van der Waals surface area contributed by atoms with Gasteiger partial charge in [0.05, 0.1) is 6.10 Å². The molecule has 5 nitrogen and oxygen atoms in total. The smallest absolute Gasteiger partial charge is 0.220 e. The van der Waals surface area contributed by atoms with E-state index in [9.17, 15) is 9.90 Å². The van der Waals surface area contributed by atoms with Gasteiger partial charge >= 0.3 is 0 Å². The van der Waals surface area contributed by atoms with E-state index in [-0.39, 0.29) is 23.1 Å². The van der Waals surface area contributed by atoms with Crippen molar-refractivity contribution in [2.75, 3.05) is 13.1 Å². The Labute approximate surface area is 259 Å². The second-order valence-corrected chi connectivity index (χ2v) is 17.0. The second kappa shape index (κ2) is 13.4. The van der Waals surface area contributed by atoms with Gasteiger partial charge in [0, 0.05) is 17.5 Å². The number of hydrogen-bond donors (Lipinski definition) is 4. The fraction of sp³-hybridized carbons (Fsp3) is 0.973. The molecule has 0 aliphatic heterocycles. The van der Waals surface area contributed by atoms with Crippen molar-refractivity contribution in [2.24, 2.45) is 58.0 Å². The summed E-state index contributed by atoms with van der Waals surface area (Å²) in [5.41, 5.74) is 6.47. The number of carbonyl (C=O) groups excluding carboxylic acids is 1. The summed E-state index contributed by atoms with van der Waals surface area (Å²) in [6.45, 7) is 20.5. The Bertz CT molecular complexity index is 911. The maximum absolute atomic E-state index is 13.3. The molecule has 0 heterocycles. The van der Waals surface area contributed by atoms with Crippen molar-refractivity contribution in [1.82, 2.24) is 10.6 Å². The summed E-state index contributed by atoms with van der Waals surface area (Å²) in [6, 6.07) is 0. The van der Waals surface area contributed by atoms with E-state index < -0.39 is 0 Å². The lowest BCUT2D eigenvalue weighted by molar-refractivity contribution is -0.168. The van der Waals surface area contributed by atoms with Crippen LogP contribution in [0, 0.1) is 52.3 Å². The largest absolute Gasteiger partial charge is 0.393 e. The van der Waals surface area contributed by atoms with Crippen LogP contribution < -0.4 is 16.4 Å². The minimum atomic E-state index is -0.185. The molecule has 4 aliphatic rings. The SMILES string of the molecule is CCC(C)(CCN)NCC[C@](C)(CC)NC(=O)CC[C@H](C)C1CCC2C3C(CCC21C)C1(C)CC[C@@H](C)CC1C[C@H]3O. The summed E-state index contributed by atoms with van der Waals surface area (Å²) >= 11 is 0. The first-order chi connectivity index (χ1) is 19.7. The standard InChI is InChI=1S/C37H69N3O2/c1-9-34(5,19-21-38)39-22-20-35(6,10-2)40-32(42)14-11-26(4)28-12-13-29-33-30(16-18-37(28,29)8)36(7)17-15-25(3)23-27(36)24-31(33)41/h25-31,33,39,41H,9-24,38H2,1-8H3,(H,40,42)/t25-,26+,27?,28?,29?,30?,31-,33?,34?,35+,36?,37?/m1/s1. The van der Waals surface area contributed by atoms with Gasteiger partial charge in [-0.25, -0.2) is 0 Å². The first kappa shape index (κ1) is 34.2. The van der Waals surface area contributed by atoms with E-state index in [1.54, 1.807) is 0 Å². The van der Waals surface area contributed by atoms with Crippen LogP contribution in [0.2, 0.25) is 0 Å². The molecule has 8 unspecified atom stereocenters. The quantitative estimate of drug-likeness (QED) is 0.180. The molecule has 0 aromatic rings. The zero-order chi connectivity index (χ0) is 30.9. The van der Waals surface area contributed by atoms with E-state index in [4.69, 9.17) is 5.73 Å². The molecule has 4 saturated carbocycles. The molecule has 42 heavy (non-hydrogen) atoms. The molecular formula is C37H69N3O2. The van der Waals surface area contributed by atoms with Gasteiger partial charge in [-0.15, -0.1) is 0 Å². The molecule has 0 radical (unpaired) electrons. The number of carbonyl (C=O) groups is 1. The fourth-order valence-electron chi connectivity index (χ4n) is 11.0. The van der Waals surface area contributed by atoms with E-state index in [1.165, 1.54) is 44.9 Å². The highest BCUT2D eigenvalue weighted by molar-refractivity contribution is 5.76. The third-order valence-corrected chi connectivity index (χ3v) is 14.5. The number of rotatable bonds is 13. The fourth-order valence-corrected chi connectivity index (χ4v) is 11.0. The van der Waals surface area contributed by atoms with E-state index in [1.807, 2.05) is 0 Å². The van der Waals surface area contributed by atoms with Crippen LogP contribution in [0.5, 0.6) is 0 Å². The number of nitrogens with one attached hydrogen (secondary N) is 2. The molecule has 4 fully saturated rings. The number of aliphatic hydroxyl groups is 1. The van der Waals surface area contributed by atoms with Gasteiger partial charge in [0.25, 0.3) is 0 Å². The van der Waals surface area contributed by atoms with Gasteiger partial charge in [0.15, 0.2) is 0 Å². The van der Waals surface area contributed by atoms with Gasteiger partial charge < -0.3 is 21.5 Å². The number of hydrogen-bond acceptors (Lipinski definition) is 4. The highest BCUT2D eigenvalue weighted by Gasteiger charge is 2.62. The summed E-state index contributed by atoms with van der Waals surface area (Å²) in [5.74, 6) is 4.77. The third kappa shape index (κ3) is 6.79. The Hall–Kier alpha value is -0.650. The molecule has 0 aromatic carbocycles. The normalized spacial score (nSPS) is 41.5. The highest BCUT2D eigenvalue weighted by Crippen LogP contribution is 2.68. The Balaban J connectivity index is 1.32. The zero-order valence-corrected chi connectivity index (χ0v) is 28.9. The lowest BCUT2D eigenvalue weighted by Gasteiger charge is -2.62.